The van der Waals surface area contributed by atoms with Crippen LogP contribution in [-0.4, -0.2) is 0 Å². The lowest BCUT2D eigenvalue weighted by Gasteiger charge is -2.26. The van der Waals surface area contributed by atoms with Crippen LogP contribution in [0.15, 0.2) is 66.7 Å². The molecule has 0 saturated heterocycles. The molecule has 3 heteroatoms. The maximum absolute atomic E-state index is 9.03. The summed E-state index contributed by atoms with van der Waals surface area (Å²) >= 11 is 0. The zero-order valence-electron chi connectivity index (χ0n) is 15.7. The fourth-order valence-corrected chi connectivity index (χ4v) is 3.80. The molecule has 0 radical (unpaired) electrons. The van der Waals surface area contributed by atoms with Crippen LogP contribution in [0, 0.1) is 22.7 Å². The van der Waals surface area contributed by atoms with Crippen molar-refractivity contribution in [3.05, 3.63) is 100 Å². The standard InChI is InChI=1S/C25H21N3/c26-15-19-4-8-21(9-5-19)17-28(18-22-10-6-20(16-27)7-11-22)25-13-12-23-2-1-3-24(23)14-25/h4-14H,1-3,17-18H2. The predicted molar refractivity (Wildman–Crippen MR) is 111 cm³/mol. The topological polar surface area (TPSA) is 50.8 Å². The molecule has 28 heavy (non-hydrogen) atoms. The Morgan fingerprint density at radius 1 is 0.679 bits per heavy atom. The van der Waals surface area contributed by atoms with Crippen molar-refractivity contribution < 1.29 is 0 Å². The summed E-state index contributed by atoms with van der Waals surface area (Å²) in [6.45, 7) is 1.54. The normalized spacial score (nSPS) is 12.1. The Morgan fingerprint density at radius 2 is 1.21 bits per heavy atom. The summed E-state index contributed by atoms with van der Waals surface area (Å²) in [5.41, 5.74) is 7.86. The maximum Gasteiger partial charge on any atom is 0.0991 e. The zero-order chi connectivity index (χ0) is 19.3. The fourth-order valence-electron chi connectivity index (χ4n) is 3.80. The molecule has 3 aromatic carbocycles. The third-order valence-corrected chi connectivity index (χ3v) is 5.36. The number of hydrogen-bond acceptors (Lipinski definition) is 3. The molecule has 0 aromatic heterocycles. The molecule has 0 N–H and O–H groups in total. The quantitative estimate of drug-likeness (QED) is 0.632. The van der Waals surface area contributed by atoms with Crippen molar-refractivity contribution in [2.24, 2.45) is 0 Å². The summed E-state index contributed by atoms with van der Waals surface area (Å²) in [5.74, 6) is 0. The van der Waals surface area contributed by atoms with Gasteiger partial charge in [0.05, 0.1) is 23.3 Å². The van der Waals surface area contributed by atoms with Gasteiger partial charge in [-0.25, -0.2) is 0 Å². The highest BCUT2D eigenvalue weighted by atomic mass is 15.1. The molecule has 0 heterocycles. The van der Waals surface area contributed by atoms with Crippen molar-refractivity contribution in [1.29, 1.82) is 10.5 Å². The average molecular weight is 363 g/mol. The Kier molecular flexibility index (Phi) is 5.09. The molecule has 4 rings (SSSR count). The Balaban J connectivity index is 1.63. The predicted octanol–water partition coefficient (Wildman–Crippen LogP) is 5.13. The molecular formula is C25H21N3. The van der Waals surface area contributed by atoms with Gasteiger partial charge in [0.2, 0.25) is 0 Å². The van der Waals surface area contributed by atoms with Crippen LogP contribution in [0.25, 0.3) is 0 Å². The van der Waals surface area contributed by atoms with E-state index in [9.17, 15) is 0 Å². The minimum Gasteiger partial charge on any atom is -0.363 e. The van der Waals surface area contributed by atoms with Crippen molar-refractivity contribution in [3.8, 4) is 12.1 Å². The van der Waals surface area contributed by atoms with Crippen molar-refractivity contribution in [1.82, 2.24) is 0 Å². The lowest BCUT2D eigenvalue weighted by atomic mass is 10.1. The summed E-state index contributed by atoms with van der Waals surface area (Å²) in [4.78, 5) is 2.36. The highest BCUT2D eigenvalue weighted by Gasteiger charge is 2.15. The fraction of sp³-hybridized carbons (Fsp3) is 0.200. The van der Waals surface area contributed by atoms with Crippen LogP contribution in [0.3, 0.4) is 0 Å². The monoisotopic (exact) mass is 363 g/mol. The van der Waals surface area contributed by atoms with Crippen LogP contribution < -0.4 is 4.90 Å². The van der Waals surface area contributed by atoms with Crippen molar-refractivity contribution in [2.45, 2.75) is 32.4 Å². The van der Waals surface area contributed by atoms with Gasteiger partial charge in [-0.05, 0) is 77.9 Å². The SMILES string of the molecule is N#Cc1ccc(CN(Cc2ccc(C#N)cc2)c2ccc3c(c2)CCC3)cc1. The molecule has 136 valence electrons. The Labute approximate surface area is 166 Å². The largest absolute Gasteiger partial charge is 0.363 e. The Morgan fingerprint density at radius 3 is 1.75 bits per heavy atom. The van der Waals surface area contributed by atoms with E-state index in [0.717, 1.165) is 19.5 Å². The second-order valence-electron chi connectivity index (χ2n) is 7.28. The van der Waals surface area contributed by atoms with Crippen LogP contribution in [0.4, 0.5) is 5.69 Å². The first-order valence-corrected chi connectivity index (χ1v) is 9.60. The number of fused-ring (bicyclic) bond motifs is 1. The molecule has 3 nitrogen and oxygen atoms in total. The van der Waals surface area contributed by atoms with Gasteiger partial charge in [0.15, 0.2) is 0 Å². The van der Waals surface area contributed by atoms with Gasteiger partial charge < -0.3 is 4.90 Å². The molecule has 0 amide bonds. The maximum atomic E-state index is 9.03. The van der Waals surface area contributed by atoms with E-state index in [1.807, 2.05) is 48.5 Å². The highest BCUT2D eigenvalue weighted by Crippen LogP contribution is 2.28. The summed E-state index contributed by atoms with van der Waals surface area (Å²) in [6, 6.07) is 26.8. The van der Waals surface area contributed by atoms with Gasteiger partial charge in [-0.15, -0.1) is 0 Å². The van der Waals surface area contributed by atoms with E-state index in [0.29, 0.717) is 11.1 Å². The molecule has 0 unspecified atom stereocenters. The van der Waals surface area contributed by atoms with Gasteiger partial charge in [-0.1, -0.05) is 30.3 Å². The van der Waals surface area contributed by atoms with E-state index >= 15 is 0 Å². The van der Waals surface area contributed by atoms with Gasteiger partial charge in [0.1, 0.15) is 0 Å². The molecule has 0 spiro atoms. The lowest BCUT2D eigenvalue weighted by molar-refractivity contribution is 0.799. The number of nitrogens with zero attached hydrogens (tertiary/aromatic N) is 3. The summed E-state index contributed by atoms with van der Waals surface area (Å²) in [5, 5.41) is 18.1. The number of anilines is 1. The van der Waals surface area contributed by atoms with Gasteiger partial charge in [0.25, 0.3) is 0 Å². The zero-order valence-corrected chi connectivity index (χ0v) is 15.7. The number of aryl methyl sites for hydroxylation is 2. The lowest BCUT2D eigenvalue weighted by Crippen LogP contribution is -2.22. The van der Waals surface area contributed by atoms with Crippen LogP contribution in [-0.2, 0) is 25.9 Å². The van der Waals surface area contributed by atoms with Crippen LogP contribution in [0.5, 0.6) is 0 Å². The Hall–Kier alpha value is -3.56. The molecule has 0 atom stereocenters. The van der Waals surface area contributed by atoms with E-state index in [4.69, 9.17) is 10.5 Å². The van der Waals surface area contributed by atoms with Crippen LogP contribution >= 0.6 is 0 Å². The summed E-state index contributed by atoms with van der Waals surface area (Å²) in [7, 11) is 0. The van der Waals surface area contributed by atoms with E-state index in [2.05, 4.69) is 35.2 Å². The van der Waals surface area contributed by atoms with Crippen molar-refractivity contribution >= 4 is 5.69 Å². The highest BCUT2D eigenvalue weighted by molar-refractivity contribution is 5.53. The molecule has 0 aliphatic heterocycles. The van der Waals surface area contributed by atoms with Crippen LogP contribution in [0.1, 0.15) is 39.8 Å². The number of rotatable bonds is 5. The van der Waals surface area contributed by atoms with Gasteiger partial charge in [0, 0.05) is 18.8 Å². The smallest absolute Gasteiger partial charge is 0.0991 e. The summed E-state index contributed by atoms with van der Waals surface area (Å²) < 4.78 is 0. The molecule has 1 aliphatic rings. The number of hydrogen-bond donors (Lipinski definition) is 0. The molecule has 0 saturated carbocycles. The third kappa shape index (κ3) is 3.90. The van der Waals surface area contributed by atoms with Crippen molar-refractivity contribution in [2.75, 3.05) is 4.90 Å². The first-order valence-electron chi connectivity index (χ1n) is 9.60. The molecule has 3 aromatic rings. The van der Waals surface area contributed by atoms with Gasteiger partial charge in [-0.2, -0.15) is 10.5 Å². The third-order valence-electron chi connectivity index (χ3n) is 5.36. The molecule has 1 aliphatic carbocycles. The van der Waals surface area contributed by atoms with E-state index in [-0.39, 0.29) is 0 Å². The first-order chi connectivity index (χ1) is 13.7. The number of benzene rings is 3. The Bertz CT molecular complexity index is 991. The van der Waals surface area contributed by atoms with E-state index in [1.54, 1.807) is 0 Å². The molecule has 0 fully saturated rings. The van der Waals surface area contributed by atoms with Crippen molar-refractivity contribution in [3.63, 3.8) is 0 Å². The average Bonchev–Trinajstić information content (AvgIpc) is 3.22. The van der Waals surface area contributed by atoms with E-state index < -0.39 is 0 Å². The van der Waals surface area contributed by atoms with Gasteiger partial charge >= 0.3 is 0 Å². The first kappa shape index (κ1) is 17.8. The molecular weight excluding hydrogens is 342 g/mol. The second-order valence-corrected chi connectivity index (χ2v) is 7.28. The minimum absolute atomic E-state index is 0.680. The second kappa shape index (κ2) is 7.99. The van der Waals surface area contributed by atoms with Gasteiger partial charge in [-0.3, -0.25) is 0 Å². The van der Waals surface area contributed by atoms with E-state index in [1.165, 1.54) is 40.8 Å². The molecule has 0 bridgehead atoms. The van der Waals surface area contributed by atoms with Crippen LogP contribution in [0.2, 0.25) is 0 Å². The summed E-state index contributed by atoms with van der Waals surface area (Å²) in [6.07, 6.45) is 3.58. The minimum atomic E-state index is 0.680. The number of nitriles is 2.